The fraction of sp³-hybridized carbons (Fsp3) is 0.250. The summed E-state index contributed by atoms with van der Waals surface area (Å²) in [5.74, 6) is -0.983. The van der Waals surface area contributed by atoms with Crippen molar-refractivity contribution in [3.8, 4) is 0 Å². The molecule has 154 valence electrons. The number of hydrogen-bond donors (Lipinski definition) is 1. The Morgan fingerprint density at radius 1 is 1.03 bits per heavy atom. The van der Waals surface area contributed by atoms with Crippen LogP contribution in [0.15, 0.2) is 76.8 Å². The topological polar surface area (TPSA) is 88.7 Å². The van der Waals surface area contributed by atoms with Gasteiger partial charge in [0, 0.05) is 25.2 Å². The average Bonchev–Trinajstić information content (AvgIpc) is 2.72. The van der Waals surface area contributed by atoms with Crippen LogP contribution in [0, 0.1) is 11.8 Å². The van der Waals surface area contributed by atoms with Crippen LogP contribution < -0.4 is 5.56 Å². The maximum atomic E-state index is 11.8. The number of nitrogens with zero attached hydrogens (tertiary/aromatic N) is 2. The molecule has 2 unspecified atom stereocenters. The number of rotatable bonds is 8. The van der Waals surface area contributed by atoms with E-state index in [0.29, 0.717) is 12.0 Å². The van der Waals surface area contributed by atoms with Crippen LogP contribution in [0.5, 0.6) is 0 Å². The van der Waals surface area contributed by atoms with Gasteiger partial charge in [0.2, 0.25) is 5.56 Å². The van der Waals surface area contributed by atoms with Crippen molar-refractivity contribution in [3.63, 3.8) is 0 Å². The highest BCUT2D eigenvalue weighted by Crippen LogP contribution is 2.37. The van der Waals surface area contributed by atoms with E-state index in [1.54, 1.807) is 19.3 Å². The minimum absolute atomic E-state index is 0.0358. The number of nitroso groups, excluding NO2 is 1. The molecular weight excluding hydrogens is 380 g/mol. The molecule has 2 atom stereocenters. The maximum Gasteiger partial charge on any atom is 0.307 e. The lowest BCUT2D eigenvalue weighted by Gasteiger charge is -2.23. The van der Waals surface area contributed by atoms with Gasteiger partial charge in [-0.15, -0.1) is 0 Å². The number of aryl methyl sites for hydroxylation is 2. The average molecular weight is 404 g/mol. The van der Waals surface area contributed by atoms with E-state index in [1.807, 2.05) is 55.5 Å². The smallest absolute Gasteiger partial charge is 0.307 e. The lowest BCUT2D eigenvalue weighted by molar-refractivity contribution is -0.136. The largest absolute Gasteiger partial charge is 0.481 e. The Morgan fingerprint density at radius 3 is 2.30 bits per heavy atom. The maximum absolute atomic E-state index is 11.8. The fourth-order valence-electron chi connectivity index (χ4n) is 3.74. The third-order valence-corrected chi connectivity index (χ3v) is 5.38. The Labute approximate surface area is 174 Å². The molecule has 3 rings (SSSR count). The van der Waals surface area contributed by atoms with Gasteiger partial charge in [0.25, 0.3) is 0 Å². The molecule has 0 fully saturated rings. The Balaban J connectivity index is 2.00. The summed E-state index contributed by atoms with van der Waals surface area (Å²) in [6.07, 6.45) is 2.05. The highest BCUT2D eigenvalue weighted by molar-refractivity contribution is 5.70. The van der Waals surface area contributed by atoms with Gasteiger partial charge in [-0.25, -0.2) is 0 Å². The number of aliphatic carboxylic acids is 1. The molecular formula is C24H24N2O4. The zero-order valence-corrected chi connectivity index (χ0v) is 17.0. The van der Waals surface area contributed by atoms with Crippen LogP contribution in [0.1, 0.15) is 46.2 Å². The SMILES string of the molecule is Cc1ccccc1C(CC(N=O)c1ccc(=O)n(C)c1)c1ccc(CC(=O)O)cc1. The van der Waals surface area contributed by atoms with E-state index in [-0.39, 0.29) is 17.9 Å². The second kappa shape index (κ2) is 9.31. The number of carboxylic acid groups (broad SMARTS) is 1. The first-order valence-electron chi connectivity index (χ1n) is 9.74. The molecule has 0 aliphatic heterocycles. The summed E-state index contributed by atoms with van der Waals surface area (Å²) in [5, 5.41) is 12.4. The minimum atomic E-state index is -0.877. The number of hydrogen-bond acceptors (Lipinski definition) is 4. The molecule has 0 aliphatic carbocycles. The van der Waals surface area contributed by atoms with E-state index < -0.39 is 12.0 Å². The van der Waals surface area contributed by atoms with Crippen LogP contribution in [0.4, 0.5) is 0 Å². The van der Waals surface area contributed by atoms with E-state index in [2.05, 4.69) is 5.18 Å². The zero-order valence-electron chi connectivity index (χ0n) is 17.0. The summed E-state index contributed by atoms with van der Waals surface area (Å²) in [6.45, 7) is 2.02. The van der Waals surface area contributed by atoms with Crippen molar-refractivity contribution in [2.24, 2.45) is 12.2 Å². The molecule has 0 aliphatic rings. The molecule has 1 heterocycles. The lowest BCUT2D eigenvalue weighted by atomic mass is 9.82. The number of benzene rings is 2. The van der Waals surface area contributed by atoms with E-state index in [1.165, 1.54) is 10.6 Å². The second-order valence-corrected chi connectivity index (χ2v) is 7.49. The molecule has 1 aromatic heterocycles. The van der Waals surface area contributed by atoms with Gasteiger partial charge >= 0.3 is 5.97 Å². The van der Waals surface area contributed by atoms with Crippen molar-refractivity contribution in [2.45, 2.75) is 31.7 Å². The van der Waals surface area contributed by atoms with Crippen molar-refractivity contribution in [3.05, 3.63) is 110 Å². The highest BCUT2D eigenvalue weighted by Gasteiger charge is 2.23. The third-order valence-electron chi connectivity index (χ3n) is 5.38. The summed E-state index contributed by atoms with van der Waals surface area (Å²) in [4.78, 5) is 34.4. The minimum Gasteiger partial charge on any atom is -0.481 e. The van der Waals surface area contributed by atoms with Gasteiger partial charge < -0.3 is 9.67 Å². The van der Waals surface area contributed by atoms with E-state index in [4.69, 9.17) is 5.11 Å². The van der Waals surface area contributed by atoms with Crippen LogP contribution in [0.25, 0.3) is 0 Å². The van der Waals surface area contributed by atoms with Crippen molar-refractivity contribution < 1.29 is 9.90 Å². The number of aromatic nitrogens is 1. The summed E-state index contributed by atoms with van der Waals surface area (Å²) in [5.41, 5.74) is 4.43. The van der Waals surface area contributed by atoms with E-state index in [0.717, 1.165) is 22.3 Å². The number of carboxylic acids is 1. The molecule has 1 N–H and O–H groups in total. The van der Waals surface area contributed by atoms with Gasteiger partial charge in [-0.3, -0.25) is 9.59 Å². The molecule has 0 saturated carbocycles. The monoisotopic (exact) mass is 404 g/mol. The van der Waals surface area contributed by atoms with E-state index >= 15 is 0 Å². The Morgan fingerprint density at radius 2 is 1.70 bits per heavy atom. The molecule has 3 aromatic rings. The summed E-state index contributed by atoms with van der Waals surface area (Å²) < 4.78 is 1.44. The highest BCUT2D eigenvalue weighted by atomic mass is 16.4. The lowest BCUT2D eigenvalue weighted by Crippen LogP contribution is -2.16. The van der Waals surface area contributed by atoms with Crippen LogP contribution in [0.2, 0.25) is 0 Å². The normalized spacial score (nSPS) is 12.9. The molecule has 6 nitrogen and oxygen atoms in total. The first-order chi connectivity index (χ1) is 14.4. The second-order valence-electron chi connectivity index (χ2n) is 7.49. The predicted molar refractivity (Wildman–Crippen MR) is 116 cm³/mol. The summed E-state index contributed by atoms with van der Waals surface area (Å²) >= 11 is 0. The van der Waals surface area contributed by atoms with Crippen molar-refractivity contribution in [1.82, 2.24) is 4.57 Å². The van der Waals surface area contributed by atoms with Crippen LogP contribution in [-0.2, 0) is 18.3 Å². The summed E-state index contributed by atoms with van der Waals surface area (Å²) in [7, 11) is 1.65. The molecule has 0 saturated heterocycles. The van der Waals surface area contributed by atoms with Crippen LogP contribution in [0.3, 0.4) is 0 Å². The first-order valence-corrected chi connectivity index (χ1v) is 9.74. The Hall–Kier alpha value is -3.54. The van der Waals surface area contributed by atoms with Gasteiger partial charge in [-0.2, -0.15) is 4.91 Å². The molecule has 0 amide bonds. The molecule has 0 spiro atoms. The van der Waals surface area contributed by atoms with E-state index in [9.17, 15) is 14.5 Å². The molecule has 0 bridgehead atoms. The van der Waals surface area contributed by atoms with Crippen LogP contribution in [-0.4, -0.2) is 15.6 Å². The van der Waals surface area contributed by atoms with Gasteiger partial charge in [-0.1, -0.05) is 53.7 Å². The quantitative estimate of drug-likeness (QED) is 0.565. The number of carbonyl (C=O) groups is 1. The van der Waals surface area contributed by atoms with Crippen molar-refractivity contribution in [1.29, 1.82) is 0 Å². The van der Waals surface area contributed by atoms with Crippen molar-refractivity contribution in [2.75, 3.05) is 0 Å². The van der Waals surface area contributed by atoms with Gasteiger partial charge in [0.15, 0.2) is 0 Å². The summed E-state index contributed by atoms with van der Waals surface area (Å²) in [6, 6.07) is 17.9. The molecule has 6 heteroatoms. The first kappa shape index (κ1) is 21.2. The van der Waals surface area contributed by atoms with Gasteiger partial charge in [0.1, 0.15) is 6.04 Å². The van der Waals surface area contributed by atoms with Crippen molar-refractivity contribution >= 4 is 5.97 Å². The Kier molecular flexibility index (Phi) is 6.57. The Bertz CT molecular complexity index is 1100. The van der Waals surface area contributed by atoms with Gasteiger partial charge in [0.05, 0.1) is 6.42 Å². The van der Waals surface area contributed by atoms with Crippen LogP contribution >= 0.6 is 0 Å². The number of pyridine rings is 1. The molecule has 2 aromatic carbocycles. The zero-order chi connectivity index (χ0) is 21.7. The molecule has 0 radical (unpaired) electrons. The van der Waals surface area contributed by atoms with Gasteiger partial charge in [-0.05, 0) is 47.2 Å². The fourth-order valence-corrected chi connectivity index (χ4v) is 3.74. The molecule has 30 heavy (non-hydrogen) atoms. The third kappa shape index (κ3) is 4.89. The predicted octanol–water partition coefficient (Wildman–Crippen LogP) is 4.35. The standard InChI is InChI=1S/C24H24N2O4/c1-16-5-3-4-6-20(16)21(18-9-7-17(8-10-18)13-24(28)29)14-22(25-30)19-11-12-23(27)26(2)15-19/h3-12,15,21-22H,13-14H2,1-2H3,(H,28,29).